The summed E-state index contributed by atoms with van der Waals surface area (Å²) in [7, 11) is -1.33. The molecular formula is C15H34O2Si. The van der Waals surface area contributed by atoms with E-state index in [9.17, 15) is 0 Å². The zero-order valence-corrected chi connectivity index (χ0v) is 14.0. The summed E-state index contributed by atoms with van der Waals surface area (Å²) in [5, 5.41) is 0. The molecule has 0 aromatic carbocycles. The molecule has 0 spiro atoms. The van der Waals surface area contributed by atoms with Gasteiger partial charge in [-0.25, -0.2) is 0 Å². The van der Waals surface area contributed by atoms with Gasteiger partial charge in [-0.2, -0.15) is 0 Å². The van der Waals surface area contributed by atoms with Crippen LogP contribution in [0.4, 0.5) is 0 Å². The first-order chi connectivity index (χ1) is 8.85. The molecule has 0 radical (unpaired) electrons. The van der Waals surface area contributed by atoms with Crippen LogP contribution >= 0.6 is 0 Å². The van der Waals surface area contributed by atoms with Gasteiger partial charge in [0.15, 0.2) is 0 Å². The molecule has 0 rings (SSSR count). The van der Waals surface area contributed by atoms with Crippen molar-refractivity contribution >= 4 is 9.28 Å². The summed E-state index contributed by atoms with van der Waals surface area (Å²) in [6, 6.07) is 1.20. The third kappa shape index (κ3) is 12.6. The lowest BCUT2D eigenvalue weighted by atomic mass is 10.1. The Morgan fingerprint density at radius 2 is 1.11 bits per heavy atom. The lowest BCUT2D eigenvalue weighted by Crippen LogP contribution is -2.23. The Hall–Kier alpha value is 0.137. The van der Waals surface area contributed by atoms with Gasteiger partial charge in [-0.1, -0.05) is 65.7 Å². The van der Waals surface area contributed by atoms with Crippen molar-refractivity contribution in [2.24, 2.45) is 0 Å². The van der Waals surface area contributed by atoms with Crippen LogP contribution in [0.3, 0.4) is 0 Å². The number of unbranched alkanes of at least 4 members (excludes halogenated alkanes) is 6. The minimum absolute atomic E-state index is 0.886. The summed E-state index contributed by atoms with van der Waals surface area (Å²) in [5.41, 5.74) is 0. The van der Waals surface area contributed by atoms with E-state index in [1.165, 1.54) is 51.0 Å². The van der Waals surface area contributed by atoms with Crippen LogP contribution in [0.15, 0.2) is 0 Å². The molecule has 0 saturated heterocycles. The average molecular weight is 275 g/mol. The predicted molar refractivity (Wildman–Crippen MR) is 82.4 cm³/mol. The van der Waals surface area contributed by atoms with E-state index in [2.05, 4.69) is 20.8 Å². The molecular weight excluding hydrogens is 240 g/mol. The van der Waals surface area contributed by atoms with Crippen LogP contribution in [0.5, 0.6) is 0 Å². The second kappa shape index (κ2) is 15.2. The Kier molecular flexibility index (Phi) is 15.3. The van der Waals surface area contributed by atoms with Crippen LogP contribution < -0.4 is 0 Å². The normalized spacial score (nSPS) is 11.3. The maximum atomic E-state index is 5.86. The van der Waals surface area contributed by atoms with E-state index in [1.54, 1.807) is 0 Å². The van der Waals surface area contributed by atoms with E-state index >= 15 is 0 Å². The molecule has 0 bridgehead atoms. The zero-order valence-electron chi connectivity index (χ0n) is 12.9. The third-order valence-electron chi connectivity index (χ3n) is 3.06. The molecule has 0 atom stereocenters. The first kappa shape index (κ1) is 18.1. The lowest BCUT2D eigenvalue weighted by Gasteiger charge is -2.15. The topological polar surface area (TPSA) is 18.5 Å². The maximum absolute atomic E-state index is 5.86. The van der Waals surface area contributed by atoms with Gasteiger partial charge in [-0.15, -0.1) is 0 Å². The SMILES string of the molecule is CCCCCCCCC[SiH](OCCC)OCCC. The van der Waals surface area contributed by atoms with Crippen LogP contribution in [0.2, 0.25) is 6.04 Å². The smallest absolute Gasteiger partial charge is 0.321 e. The van der Waals surface area contributed by atoms with Crippen LogP contribution in [-0.4, -0.2) is 22.5 Å². The number of hydrogen-bond donors (Lipinski definition) is 0. The van der Waals surface area contributed by atoms with Crippen molar-refractivity contribution in [2.75, 3.05) is 13.2 Å². The molecule has 0 aromatic heterocycles. The van der Waals surface area contributed by atoms with Crippen molar-refractivity contribution in [1.82, 2.24) is 0 Å². The molecule has 0 aliphatic carbocycles. The second-order valence-electron chi connectivity index (χ2n) is 5.08. The molecule has 0 saturated carbocycles. The van der Waals surface area contributed by atoms with Crippen LogP contribution in [0.25, 0.3) is 0 Å². The molecule has 2 nitrogen and oxygen atoms in total. The molecule has 0 amide bonds. The highest BCUT2D eigenvalue weighted by Crippen LogP contribution is 2.11. The van der Waals surface area contributed by atoms with Gasteiger partial charge in [0.1, 0.15) is 0 Å². The standard InChI is InChI=1S/C15H34O2Si/c1-4-7-8-9-10-11-12-15-18(16-13-5-2)17-14-6-3/h18H,4-15H2,1-3H3. The highest BCUT2D eigenvalue weighted by molar-refractivity contribution is 6.44. The van der Waals surface area contributed by atoms with Gasteiger partial charge >= 0.3 is 9.28 Å². The first-order valence-electron chi connectivity index (χ1n) is 8.08. The van der Waals surface area contributed by atoms with Crippen molar-refractivity contribution in [3.63, 3.8) is 0 Å². The van der Waals surface area contributed by atoms with Crippen molar-refractivity contribution in [1.29, 1.82) is 0 Å². The Balaban J connectivity index is 3.43. The second-order valence-corrected chi connectivity index (χ2v) is 7.18. The Morgan fingerprint density at radius 3 is 1.61 bits per heavy atom. The van der Waals surface area contributed by atoms with Crippen molar-refractivity contribution in [3.05, 3.63) is 0 Å². The Morgan fingerprint density at radius 1 is 0.611 bits per heavy atom. The highest BCUT2D eigenvalue weighted by atomic mass is 28.3. The molecule has 0 heterocycles. The summed E-state index contributed by atoms with van der Waals surface area (Å²) in [5.74, 6) is 0. The third-order valence-corrected chi connectivity index (χ3v) is 5.15. The summed E-state index contributed by atoms with van der Waals surface area (Å²) in [6.45, 7) is 8.37. The predicted octanol–water partition coefficient (Wildman–Crippen LogP) is 4.81. The van der Waals surface area contributed by atoms with Crippen LogP contribution in [0, 0.1) is 0 Å². The van der Waals surface area contributed by atoms with E-state index < -0.39 is 9.28 Å². The minimum Gasteiger partial charge on any atom is -0.397 e. The fourth-order valence-corrected chi connectivity index (χ4v) is 4.03. The van der Waals surface area contributed by atoms with E-state index in [-0.39, 0.29) is 0 Å². The van der Waals surface area contributed by atoms with Crippen molar-refractivity contribution < 1.29 is 8.85 Å². The molecule has 0 aliphatic heterocycles. The van der Waals surface area contributed by atoms with E-state index in [1.807, 2.05) is 0 Å². The molecule has 0 unspecified atom stereocenters. The van der Waals surface area contributed by atoms with Gasteiger partial charge in [-0.3, -0.25) is 0 Å². The van der Waals surface area contributed by atoms with Crippen molar-refractivity contribution in [2.45, 2.75) is 84.6 Å². The Labute approximate surface area is 116 Å². The zero-order chi connectivity index (χ0) is 13.5. The van der Waals surface area contributed by atoms with E-state index in [0.717, 1.165) is 26.1 Å². The summed E-state index contributed by atoms with van der Waals surface area (Å²) >= 11 is 0. The largest absolute Gasteiger partial charge is 0.397 e. The summed E-state index contributed by atoms with van der Waals surface area (Å²) in [4.78, 5) is 0. The molecule has 0 N–H and O–H groups in total. The highest BCUT2D eigenvalue weighted by Gasteiger charge is 2.11. The maximum Gasteiger partial charge on any atom is 0.321 e. The summed E-state index contributed by atoms with van der Waals surface area (Å²) in [6.07, 6.45) is 11.8. The molecule has 0 aromatic rings. The average Bonchev–Trinajstić information content (AvgIpc) is 2.40. The fraction of sp³-hybridized carbons (Fsp3) is 1.00. The first-order valence-corrected chi connectivity index (χ1v) is 9.84. The van der Waals surface area contributed by atoms with Gasteiger partial charge in [0, 0.05) is 13.2 Å². The Bertz CT molecular complexity index is 145. The molecule has 110 valence electrons. The fourth-order valence-electron chi connectivity index (χ4n) is 1.98. The summed E-state index contributed by atoms with van der Waals surface area (Å²) < 4.78 is 11.7. The van der Waals surface area contributed by atoms with Crippen LogP contribution in [0.1, 0.15) is 78.6 Å². The quantitative estimate of drug-likeness (QED) is 0.334. The monoisotopic (exact) mass is 274 g/mol. The van der Waals surface area contributed by atoms with Crippen molar-refractivity contribution in [3.8, 4) is 0 Å². The van der Waals surface area contributed by atoms with Gasteiger partial charge in [0.2, 0.25) is 0 Å². The van der Waals surface area contributed by atoms with Crippen LogP contribution in [-0.2, 0) is 8.85 Å². The number of hydrogen-bond acceptors (Lipinski definition) is 2. The number of rotatable bonds is 14. The molecule has 0 aliphatic rings. The van der Waals surface area contributed by atoms with Gasteiger partial charge in [0.25, 0.3) is 0 Å². The van der Waals surface area contributed by atoms with E-state index in [4.69, 9.17) is 8.85 Å². The van der Waals surface area contributed by atoms with Gasteiger partial charge in [-0.05, 0) is 18.9 Å². The lowest BCUT2D eigenvalue weighted by molar-refractivity contribution is 0.195. The molecule has 0 fully saturated rings. The minimum atomic E-state index is -1.33. The molecule has 18 heavy (non-hydrogen) atoms. The van der Waals surface area contributed by atoms with Gasteiger partial charge in [0.05, 0.1) is 0 Å². The van der Waals surface area contributed by atoms with Gasteiger partial charge < -0.3 is 8.85 Å². The van der Waals surface area contributed by atoms with E-state index in [0.29, 0.717) is 0 Å². The molecule has 3 heteroatoms.